The molecule has 2 rings (SSSR count). The molecule has 0 N–H and O–H groups in total. The molecule has 0 unspecified atom stereocenters. The van der Waals surface area contributed by atoms with Gasteiger partial charge in [-0.05, 0) is 38.8 Å². The van der Waals surface area contributed by atoms with E-state index in [0.717, 1.165) is 6.54 Å². The summed E-state index contributed by atoms with van der Waals surface area (Å²) in [6.07, 6.45) is 5.33. The lowest BCUT2D eigenvalue weighted by atomic mass is 10.1. The lowest BCUT2D eigenvalue weighted by molar-refractivity contribution is 0.127. The Bertz CT molecular complexity index is 458. The van der Waals surface area contributed by atoms with Crippen molar-refractivity contribution in [3.8, 4) is 11.8 Å². The molecule has 0 amide bonds. The Labute approximate surface area is 122 Å². The van der Waals surface area contributed by atoms with Crippen LogP contribution in [0.15, 0.2) is 24.3 Å². The van der Waals surface area contributed by atoms with Crippen LogP contribution in [-0.2, 0) is 0 Å². The maximum absolute atomic E-state index is 9.05. The second-order valence-corrected chi connectivity index (χ2v) is 5.73. The van der Waals surface area contributed by atoms with Gasteiger partial charge in [0.15, 0.2) is 0 Å². The molecule has 1 aliphatic rings. The number of nitriles is 1. The summed E-state index contributed by atoms with van der Waals surface area (Å²) in [7, 11) is 0. The lowest BCUT2D eigenvalue weighted by Gasteiger charge is -2.32. The van der Waals surface area contributed by atoms with Crippen LogP contribution in [-0.4, -0.2) is 30.1 Å². The number of nitrogens with zero attached hydrogens (tertiary/aromatic N) is 2. The zero-order chi connectivity index (χ0) is 14.4. The summed E-state index contributed by atoms with van der Waals surface area (Å²) in [5.41, 5.74) is 0.615. The van der Waals surface area contributed by atoms with Crippen LogP contribution in [0.1, 0.15) is 45.1 Å². The second kappa shape index (κ2) is 7.31. The number of ether oxygens (including phenoxy) is 1. The average molecular weight is 272 g/mol. The van der Waals surface area contributed by atoms with E-state index < -0.39 is 0 Å². The quantitative estimate of drug-likeness (QED) is 0.794. The van der Waals surface area contributed by atoms with E-state index in [1.54, 1.807) is 6.07 Å². The predicted molar refractivity (Wildman–Crippen MR) is 80.8 cm³/mol. The highest BCUT2D eigenvalue weighted by Crippen LogP contribution is 2.25. The van der Waals surface area contributed by atoms with Crippen molar-refractivity contribution in [2.24, 2.45) is 0 Å². The number of benzene rings is 1. The molecule has 0 radical (unpaired) electrons. The highest BCUT2D eigenvalue weighted by atomic mass is 16.5. The van der Waals surface area contributed by atoms with E-state index in [1.807, 2.05) is 18.2 Å². The standard InChI is InChI=1S/C17H24N2O/c1-14(2)19(16-8-4-5-9-16)11-12-20-17-10-6-3-7-15(17)13-18/h3,6-7,10,14,16H,4-5,8-9,11-12H2,1-2H3. The third-order valence-corrected chi connectivity index (χ3v) is 4.07. The summed E-state index contributed by atoms with van der Waals surface area (Å²) < 4.78 is 5.80. The van der Waals surface area contributed by atoms with Gasteiger partial charge in [0.25, 0.3) is 0 Å². The highest BCUT2D eigenvalue weighted by molar-refractivity contribution is 5.42. The molecule has 0 heterocycles. The van der Waals surface area contributed by atoms with Crippen molar-refractivity contribution < 1.29 is 4.74 Å². The second-order valence-electron chi connectivity index (χ2n) is 5.73. The van der Waals surface area contributed by atoms with Crippen molar-refractivity contribution in [3.05, 3.63) is 29.8 Å². The maximum atomic E-state index is 9.05. The van der Waals surface area contributed by atoms with Crippen LogP contribution >= 0.6 is 0 Å². The molecule has 3 nitrogen and oxygen atoms in total. The van der Waals surface area contributed by atoms with Gasteiger partial charge in [-0.15, -0.1) is 0 Å². The van der Waals surface area contributed by atoms with Gasteiger partial charge < -0.3 is 4.74 Å². The molecule has 0 bridgehead atoms. The Morgan fingerprint density at radius 2 is 2.00 bits per heavy atom. The van der Waals surface area contributed by atoms with Crippen LogP contribution in [0.4, 0.5) is 0 Å². The molecular weight excluding hydrogens is 248 g/mol. The monoisotopic (exact) mass is 272 g/mol. The summed E-state index contributed by atoms with van der Waals surface area (Å²) in [5, 5.41) is 9.05. The van der Waals surface area contributed by atoms with Crippen molar-refractivity contribution in [1.29, 1.82) is 5.26 Å². The molecule has 108 valence electrons. The minimum atomic E-state index is 0.549. The molecule has 0 aliphatic heterocycles. The fraction of sp³-hybridized carbons (Fsp3) is 0.588. The fourth-order valence-corrected chi connectivity index (χ4v) is 3.04. The first-order valence-corrected chi connectivity index (χ1v) is 7.60. The minimum absolute atomic E-state index is 0.549. The van der Waals surface area contributed by atoms with E-state index in [2.05, 4.69) is 24.8 Å². The normalized spacial score (nSPS) is 15.8. The number of rotatable bonds is 6. The zero-order valence-electron chi connectivity index (χ0n) is 12.5. The highest BCUT2D eigenvalue weighted by Gasteiger charge is 2.24. The Morgan fingerprint density at radius 1 is 1.30 bits per heavy atom. The van der Waals surface area contributed by atoms with Crippen molar-refractivity contribution in [3.63, 3.8) is 0 Å². The Morgan fingerprint density at radius 3 is 2.65 bits per heavy atom. The molecular formula is C17H24N2O. The molecule has 0 aromatic heterocycles. The third-order valence-electron chi connectivity index (χ3n) is 4.07. The van der Waals surface area contributed by atoms with Gasteiger partial charge in [0.2, 0.25) is 0 Å². The van der Waals surface area contributed by atoms with Crippen molar-refractivity contribution in [2.45, 2.75) is 51.6 Å². The fourth-order valence-electron chi connectivity index (χ4n) is 3.04. The first-order chi connectivity index (χ1) is 9.72. The van der Waals surface area contributed by atoms with Crippen LogP contribution < -0.4 is 4.74 Å². The van der Waals surface area contributed by atoms with Gasteiger partial charge in [0.05, 0.1) is 5.56 Å². The topological polar surface area (TPSA) is 36.3 Å². The molecule has 1 fully saturated rings. The SMILES string of the molecule is CC(C)N(CCOc1ccccc1C#N)C1CCCC1. The van der Waals surface area contributed by atoms with E-state index >= 15 is 0 Å². The molecule has 1 aromatic rings. The molecule has 0 saturated heterocycles. The molecule has 1 aromatic carbocycles. The van der Waals surface area contributed by atoms with Crippen LogP contribution in [0.5, 0.6) is 5.75 Å². The first-order valence-electron chi connectivity index (χ1n) is 7.60. The van der Waals surface area contributed by atoms with Crippen LogP contribution in [0, 0.1) is 11.3 Å². The Hall–Kier alpha value is -1.53. The largest absolute Gasteiger partial charge is 0.491 e. The van der Waals surface area contributed by atoms with Crippen LogP contribution in [0.25, 0.3) is 0 Å². The van der Waals surface area contributed by atoms with E-state index in [1.165, 1.54) is 25.7 Å². The van der Waals surface area contributed by atoms with E-state index in [9.17, 15) is 0 Å². The molecule has 3 heteroatoms. The first kappa shape index (κ1) is 14.9. The van der Waals surface area contributed by atoms with Crippen LogP contribution in [0.2, 0.25) is 0 Å². The summed E-state index contributed by atoms with van der Waals surface area (Å²) >= 11 is 0. The van der Waals surface area contributed by atoms with E-state index in [0.29, 0.717) is 30.0 Å². The average Bonchev–Trinajstić information content (AvgIpc) is 2.97. The number of hydrogen-bond donors (Lipinski definition) is 0. The molecule has 1 saturated carbocycles. The molecule has 1 aliphatic carbocycles. The maximum Gasteiger partial charge on any atom is 0.137 e. The van der Waals surface area contributed by atoms with Crippen molar-refractivity contribution >= 4 is 0 Å². The number of hydrogen-bond acceptors (Lipinski definition) is 3. The van der Waals surface area contributed by atoms with Gasteiger partial charge in [-0.1, -0.05) is 25.0 Å². The van der Waals surface area contributed by atoms with Crippen molar-refractivity contribution in [2.75, 3.05) is 13.2 Å². The summed E-state index contributed by atoms with van der Waals surface area (Å²) in [6, 6.07) is 10.9. The Balaban J connectivity index is 1.88. The summed E-state index contributed by atoms with van der Waals surface area (Å²) in [4.78, 5) is 2.54. The Kier molecular flexibility index (Phi) is 5.43. The lowest BCUT2D eigenvalue weighted by Crippen LogP contribution is -2.41. The predicted octanol–water partition coefficient (Wildman–Crippen LogP) is 3.59. The molecule has 0 spiro atoms. The molecule has 20 heavy (non-hydrogen) atoms. The van der Waals surface area contributed by atoms with E-state index in [4.69, 9.17) is 10.00 Å². The van der Waals surface area contributed by atoms with Gasteiger partial charge in [0.1, 0.15) is 18.4 Å². The van der Waals surface area contributed by atoms with Gasteiger partial charge in [-0.3, -0.25) is 4.90 Å². The summed E-state index contributed by atoms with van der Waals surface area (Å²) in [6.45, 7) is 6.08. The van der Waals surface area contributed by atoms with Gasteiger partial charge >= 0.3 is 0 Å². The smallest absolute Gasteiger partial charge is 0.137 e. The van der Waals surface area contributed by atoms with E-state index in [-0.39, 0.29) is 0 Å². The minimum Gasteiger partial charge on any atom is -0.491 e. The van der Waals surface area contributed by atoms with Gasteiger partial charge in [-0.2, -0.15) is 5.26 Å². The van der Waals surface area contributed by atoms with Crippen molar-refractivity contribution in [1.82, 2.24) is 4.90 Å². The number of para-hydroxylation sites is 1. The van der Waals surface area contributed by atoms with Crippen LogP contribution in [0.3, 0.4) is 0 Å². The van der Waals surface area contributed by atoms with Gasteiger partial charge in [-0.25, -0.2) is 0 Å². The zero-order valence-corrected chi connectivity index (χ0v) is 12.5. The third kappa shape index (κ3) is 3.74. The molecule has 0 atom stereocenters. The summed E-state index contributed by atoms with van der Waals surface area (Å²) in [5.74, 6) is 0.699. The van der Waals surface area contributed by atoms with Gasteiger partial charge in [0, 0.05) is 18.6 Å².